The van der Waals surface area contributed by atoms with E-state index in [0.29, 0.717) is 23.2 Å². The summed E-state index contributed by atoms with van der Waals surface area (Å²) in [7, 11) is 0. The molecule has 18 heteroatoms. The molecule has 0 saturated heterocycles. The van der Waals surface area contributed by atoms with Crippen LogP contribution in [0.25, 0.3) is 17.0 Å². The van der Waals surface area contributed by atoms with E-state index < -0.39 is 49.4 Å². The van der Waals surface area contributed by atoms with Crippen LogP contribution in [0.2, 0.25) is 0 Å². The van der Waals surface area contributed by atoms with Crippen molar-refractivity contribution in [3.8, 4) is 11.6 Å². The maximum absolute atomic E-state index is 12.6. The minimum absolute atomic E-state index is 0.0128. The summed E-state index contributed by atoms with van der Waals surface area (Å²) < 4.78 is 120. The van der Waals surface area contributed by atoms with Crippen LogP contribution in [0.1, 0.15) is 66.2 Å². The highest BCUT2D eigenvalue weighted by atomic mass is 19.4. The van der Waals surface area contributed by atoms with E-state index in [1.807, 2.05) is 30.5 Å². The molecule has 0 unspecified atom stereocenters. The van der Waals surface area contributed by atoms with Crippen molar-refractivity contribution >= 4 is 28.8 Å². The average molecular weight is 822 g/mol. The largest absolute Gasteiger partial charge is 0.483 e. The minimum atomic E-state index is -4.46. The number of fused-ring (bicyclic) bond motifs is 1. The number of alkyl halides is 9. The van der Waals surface area contributed by atoms with E-state index in [0.717, 1.165) is 28.6 Å². The van der Waals surface area contributed by atoms with Crippen LogP contribution in [0.5, 0.6) is 11.6 Å². The molecule has 0 aliphatic heterocycles. The molecule has 2 aromatic carbocycles. The van der Waals surface area contributed by atoms with E-state index in [-0.39, 0.29) is 35.3 Å². The number of aromatic amines is 1. The highest BCUT2D eigenvalue weighted by Crippen LogP contribution is 2.48. The third-order valence-corrected chi connectivity index (χ3v) is 8.79. The van der Waals surface area contributed by atoms with E-state index >= 15 is 0 Å². The molecule has 6 rings (SSSR count). The van der Waals surface area contributed by atoms with Crippen LogP contribution in [0.4, 0.5) is 39.5 Å². The molecule has 0 spiro atoms. The summed E-state index contributed by atoms with van der Waals surface area (Å²) in [5, 5.41) is 6.56. The number of pyridine rings is 2. The first kappa shape index (κ1) is 43.1. The molecule has 1 aliphatic rings. The quantitative estimate of drug-likeness (QED) is 0.0853. The van der Waals surface area contributed by atoms with E-state index in [2.05, 4.69) is 35.1 Å². The molecule has 2 amide bonds. The van der Waals surface area contributed by atoms with Crippen molar-refractivity contribution in [2.24, 2.45) is 5.92 Å². The first-order valence-electron chi connectivity index (χ1n) is 17.6. The standard InChI is InChI=1S/C20H18F6N2O2.C20H18F3N3O2/c1-11(13-4-7-17(27-9-13)30-10-19(21,22)23)28-18(29)16-8-15(16)12-2-5-14(6-3-12)20(24,25)26;1-13(17-8-7-15(11-25-17)28-12-20(21,22)23)26-19(27)9-6-14-10-24-18-5-3-2-4-16(14)18/h2-7,9,11,15-16H,8,10H2,1H3,(H,28,29);2-11,13,24H,12H2,1H3,(H,26,27)/b;9-6+/t11-,15+,16-;13-/m11/s1. The number of H-pyrrole nitrogens is 1. The number of hydrogen-bond acceptors (Lipinski definition) is 6. The molecule has 1 aliphatic carbocycles. The van der Waals surface area contributed by atoms with Gasteiger partial charge in [-0.2, -0.15) is 39.5 Å². The Kier molecular flexibility index (Phi) is 13.4. The molecule has 0 radical (unpaired) electrons. The number of benzene rings is 2. The summed E-state index contributed by atoms with van der Waals surface area (Å²) in [6.45, 7) is 0.605. The maximum atomic E-state index is 12.6. The number of nitrogens with zero attached hydrogens (tertiary/aromatic N) is 2. The molecule has 308 valence electrons. The van der Waals surface area contributed by atoms with Crippen molar-refractivity contribution in [3.05, 3.63) is 125 Å². The Balaban J connectivity index is 0.000000221. The highest BCUT2D eigenvalue weighted by molar-refractivity contribution is 5.96. The zero-order chi connectivity index (χ0) is 42.3. The highest BCUT2D eigenvalue weighted by Gasteiger charge is 2.44. The van der Waals surface area contributed by atoms with Gasteiger partial charge in [-0.05, 0) is 79.3 Å². The summed E-state index contributed by atoms with van der Waals surface area (Å²) in [6, 6.07) is 17.3. The predicted octanol–water partition coefficient (Wildman–Crippen LogP) is 9.42. The summed E-state index contributed by atoms with van der Waals surface area (Å²) in [5.74, 6) is -1.21. The number of hydrogen-bond donors (Lipinski definition) is 3. The molecule has 1 saturated carbocycles. The fourth-order valence-electron chi connectivity index (χ4n) is 5.70. The summed E-state index contributed by atoms with van der Waals surface area (Å²) in [4.78, 5) is 35.5. The van der Waals surface area contributed by atoms with Crippen molar-refractivity contribution in [2.75, 3.05) is 13.2 Å². The first-order valence-corrected chi connectivity index (χ1v) is 17.6. The van der Waals surface area contributed by atoms with Gasteiger partial charge in [0.2, 0.25) is 17.7 Å². The Morgan fingerprint density at radius 2 is 1.50 bits per heavy atom. The number of carbonyl (C=O) groups excluding carboxylic acids is 2. The molecule has 9 nitrogen and oxygen atoms in total. The lowest BCUT2D eigenvalue weighted by molar-refractivity contribution is -0.154. The monoisotopic (exact) mass is 821 g/mol. The Morgan fingerprint density at radius 3 is 2.12 bits per heavy atom. The predicted molar refractivity (Wildman–Crippen MR) is 194 cm³/mol. The lowest BCUT2D eigenvalue weighted by Gasteiger charge is -2.15. The van der Waals surface area contributed by atoms with Gasteiger partial charge in [-0.25, -0.2) is 4.98 Å². The molecule has 4 atom stereocenters. The van der Waals surface area contributed by atoms with Gasteiger partial charge in [0, 0.05) is 41.4 Å². The second kappa shape index (κ2) is 18.0. The number of para-hydroxylation sites is 1. The van der Waals surface area contributed by atoms with Gasteiger partial charge in [-0.1, -0.05) is 36.4 Å². The fraction of sp³-hybridized carbons (Fsp3) is 0.300. The second-order valence-corrected chi connectivity index (χ2v) is 13.3. The van der Waals surface area contributed by atoms with Gasteiger partial charge < -0.3 is 25.1 Å². The van der Waals surface area contributed by atoms with Crippen molar-refractivity contribution in [2.45, 2.75) is 56.8 Å². The number of ether oxygens (including phenoxy) is 2. The molecule has 1 fully saturated rings. The Hall–Kier alpha value is -6.07. The van der Waals surface area contributed by atoms with Crippen LogP contribution in [-0.4, -0.2) is 52.3 Å². The zero-order valence-electron chi connectivity index (χ0n) is 30.7. The van der Waals surface area contributed by atoms with Gasteiger partial charge in [-0.15, -0.1) is 0 Å². The van der Waals surface area contributed by atoms with Crippen LogP contribution in [0.3, 0.4) is 0 Å². The number of amides is 2. The van der Waals surface area contributed by atoms with E-state index in [1.54, 1.807) is 19.9 Å². The number of halogens is 9. The molecule has 0 bridgehead atoms. The third kappa shape index (κ3) is 12.7. The maximum Gasteiger partial charge on any atom is 0.422 e. The summed E-state index contributed by atoms with van der Waals surface area (Å²) in [5.41, 5.74) is 2.89. The van der Waals surface area contributed by atoms with Crippen LogP contribution in [0, 0.1) is 5.92 Å². The SMILES string of the molecule is C[C@@H](NC(=O)/C=C/c1c[nH]c2ccccc12)c1ccc(OCC(F)(F)F)cn1.C[C@@H](NC(=O)[C@@H]1C[C@H]1c1ccc(C(F)(F)F)cc1)c1ccc(OCC(F)(F)F)nc1. The molecule has 3 N–H and O–H groups in total. The van der Waals surface area contributed by atoms with Gasteiger partial charge >= 0.3 is 18.5 Å². The van der Waals surface area contributed by atoms with Gasteiger partial charge in [0.25, 0.3) is 0 Å². The summed E-state index contributed by atoms with van der Waals surface area (Å²) in [6.07, 6.45) is -5.27. The topological polar surface area (TPSA) is 118 Å². The fourth-order valence-corrected chi connectivity index (χ4v) is 5.70. The Labute approximate surface area is 325 Å². The van der Waals surface area contributed by atoms with Crippen molar-refractivity contribution in [3.63, 3.8) is 0 Å². The number of carbonyl (C=O) groups is 2. The Morgan fingerprint density at radius 1 is 0.810 bits per heavy atom. The minimum Gasteiger partial charge on any atom is -0.483 e. The number of nitrogens with one attached hydrogen (secondary N) is 3. The van der Waals surface area contributed by atoms with Crippen LogP contribution in [-0.2, 0) is 15.8 Å². The van der Waals surface area contributed by atoms with Gasteiger partial charge in [0.15, 0.2) is 13.2 Å². The van der Waals surface area contributed by atoms with Crippen molar-refractivity contribution in [1.29, 1.82) is 0 Å². The number of aromatic nitrogens is 3. The molecule has 3 aromatic heterocycles. The second-order valence-electron chi connectivity index (χ2n) is 13.3. The van der Waals surface area contributed by atoms with Crippen molar-refractivity contribution < 1.29 is 58.6 Å². The van der Waals surface area contributed by atoms with E-state index in [4.69, 9.17) is 0 Å². The summed E-state index contributed by atoms with van der Waals surface area (Å²) >= 11 is 0. The zero-order valence-corrected chi connectivity index (χ0v) is 30.7. The lowest BCUT2D eigenvalue weighted by atomic mass is 10.1. The molecule has 3 heterocycles. The van der Waals surface area contributed by atoms with Gasteiger partial charge in [-0.3, -0.25) is 14.6 Å². The van der Waals surface area contributed by atoms with Crippen molar-refractivity contribution in [1.82, 2.24) is 25.6 Å². The van der Waals surface area contributed by atoms with E-state index in [1.165, 1.54) is 54.9 Å². The Bertz CT molecular complexity index is 2170. The smallest absolute Gasteiger partial charge is 0.422 e. The molecule has 5 aromatic rings. The first-order chi connectivity index (χ1) is 27.3. The van der Waals surface area contributed by atoms with Crippen LogP contribution in [0.15, 0.2) is 97.5 Å². The molecule has 58 heavy (non-hydrogen) atoms. The van der Waals surface area contributed by atoms with E-state index in [9.17, 15) is 49.1 Å². The van der Waals surface area contributed by atoms with Gasteiger partial charge in [0.05, 0.1) is 29.5 Å². The van der Waals surface area contributed by atoms with Crippen LogP contribution < -0.4 is 20.1 Å². The molecular formula is C40H36F9N5O4. The normalized spacial score (nSPS) is 16.5. The third-order valence-electron chi connectivity index (χ3n) is 8.79. The van der Waals surface area contributed by atoms with Crippen LogP contribution >= 0.6 is 0 Å². The average Bonchev–Trinajstić information content (AvgIpc) is 3.88. The lowest BCUT2D eigenvalue weighted by Crippen LogP contribution is -2.28. The number of rotatable bonds is 12. The molecular weight excluding hydrogens is 785 g/mol. The van der Waals surface area contributed by atoms with Gasteiger partial charge in [0.1, 0.15) is 5.75 Å².